The highest BCUT2D eigenvalue weighted by Crippen LogP contribution is 2.42. The lowest BCUT2D eigenvalue weighted by Gasteiger charge is -2.37. The van der Waals surface area contributed by atoms with Crippen LogP contribution in [0, 0.1) is 4.91 Å². The molecule has 1 saturated heterocycles. The molecule has 1 heterocycles. The molecule has 1 atom stereocenters. The van der Waals surface area contributed by atoms with Crippen molar-refractivity contribution in [2.45, 2.75) is 58.2 Å². The van der Waals surface area contributed by atoms with Crippen molar-refractivity contribution in [1.29, 1.82) is 0 Å². The molecule has 1 aliphatic rings. The third-order valence-corrected chi connectivity index (χ3v) is 3.13. The zero-order valence-corrected chi connectivity index (χ0v) is 11.7. The molecule has 1 rings (SSSR count). The molecule has 0 bridgehead atoms. The molecule has 104 valence electrons. The molecule has 0 aromatic rings. The molecule has 18 heavy (non-hydrogen) atoms. The Labute approximate surface area is 106 Å². The molecule has 1 fully saturated rings. The molecule has 0 N–H and O–H groups in total. The van der Waals surface area contributed by atoms with E-state index < -0.39 is 23.2 Å². The third-order valence-electron chi connectivity index (χ3n) is 3.13. The Hall–Kier alpha value is -1.37. The predicted molar refractivity (Wildman–Crippen MR) is 61.9 cm³/mol. The van der Waals surface area contributed by atoms with Crippen molar-refractivity contribution in [1.82, 2.24) is 5.06 Å². The minimum atomic E-state index is -0.629. The van der Waals surface area contributed by atoms with Gasteiger partial charge in [-0.1, -0.05) is 0 Å². The van der Waals surface area contributed by atoms with Crippen molar-refractivity contribution in [2.75, 3.05) is 7.11 Å². The first kappa shape index (κ1) is 14.7. The van der Waals surface area contributed by atoms with Gasteiger partial charge in [-0.15, -0.1) is 5.06 Å². The minimum absolute atomic E-state index is 0.0692. The molecule has 7 nitrogen and oxygen atoms in total. The van der Waals surface area contributed by atoms with Crippen LogP contribution in [-0.4, -0.2) is 40.4 Å². The third kappa shape index (κ3) is 2.72. The fourth-order valence-electron chi connectivity index (χ4n) is 2.38. The predicted octanol–water partition coefficient (Wildman–Crippen LogP) is 1.37. The van der Waals surface area contributed by atoms with Gasteiger partial charge in [-0.05, 0) is 27.7 Å². The summed E-state index contributed by atoms with van der Waals surface area (Å²) in [6, 6.07) is 0. The first-order valence-electron chi connectivity index (χ1n) is 5.78. The lowest BCUT2D eigenvalue weighted by atomic mass is 9.97. The van der Waals surface area contributed by atoms with Gasteiger partial charge in [0.1, 0.15) is 4.91 Å². The van der Waals surface area contributed by atoms with Crippen LogP contribution in [0.1, 0.15) is 41.0 Å². The summed E-state index contributed by atoms with van der Waals surface area (Å²) in [4.78, 5) is 37.1. The molecule has 1 unspecified atom stereocenters. The fraction of sp³-hybridized carbons (Fsp3) is 0.909. The largest absolute Gasteiger partial charge is 0.477 e. The summed E-state index contributed by atoms with van der Waals surface area (Å²) in [6.45, 7) is 8.87. The van der Waals surface area contributed by atoms with E-state index in [0.29, 0.717) is 6.42 Å². The van der Waals surface area contributed by atoms with Gasteiger partial charge in [0.15, 0.2) is 7.11 Å². The second-order valence-electron chi connectivity index (χ2n) is 5.55. The highest BCUT2D eigenvalue weighted by molar-refractivity contribution is 5.65. The Balaban J connectivity index is 2.92. The van der Waals surface area contributed by atoms with Crippen LogP contribution in [0.15, 0.2) is 0 Å². The van der Waals surface area contributed by atoms with Gasteiger partial charge < -0.3 is 4.84 Å². The van der Waals surface area contributed by atoms with Gasteiger partial charge in [0.25, 0.3) is 0 Å². The number of hydrogen-bond acceptors (Lipinski definition) is 6. The highest BCUT2D eigenvalue weighted by atomic mass is 17.0. The molecule has 0 spiro atoms. The van der Waals surface area contributed by atoms with Crippen molar-refractivity contribution in [3.63, 3.8) is 0 Å². The van der Waals surface area contributed by atoms with Crippen LogP contribution >= 0.6 is 0 Å². The summed E-state index contributed by atoms with van der Waals surface area (Å²) in [5.41, 5.74) is -1.05. The second-order valence-corrected chi connectivity index (χ2v) is 5.55. The number of nitrogens with zero attached hydrogens (tertiary/aromatic N) is 2. The van der Waals surface area contributed by atoms with Gasteiger partial charge in [-0.3, -0.25) is 4.79 Å². The van der Waals surface area contributed by atoms with Crippen molar-refractivity contribution in [3.05, 3.63) is 4.91 Å². The van der Waals surface area contributed by atoms with E-state index in [4.69, 9.17) is 9.68 Å². The first-order chi connectivity index (χ1) is 8.11. The van der Waals surface area contributed by atoms with E-state index in [1.165, 1.54) is 14.0 Å². The summed E-state index contributed by atoms with van der Waals surface area (Å²) in [5.74, 6) is -0.400. The van der Waals surface area contributed by atoms with Crippen molar-refractivity contribution in [3.8, 4) is 0 Å². The Morgan fingerprint density at radius 1 is 1.33 bits per heavy atom. The minimum Gasteiger partial charge on any atom is -0.367 e. The number of rotatable bonds is 4. The summed E-state index contributed by atoms with van der Waals surface area (Å²) < 4.78 is 0. The van der Waals surface area contributed by atoms with Gasteiger partial charge in [-0.2, -0.15) is 9.68 Å². The first-order valence-corrected chi connectivity index (χ1v) is 5.78. The van der Waals surface area contributed by atoms with E-state index >= 15 is 0 Å². The van der Waals surface area contributed by atoms with Crippen LogP contribution in [0.25, 0.3) is 0 Å². The topological polar surface area (TPSA) is 68.1 Å². The maximum Gasteiger partial charge on any atom is 0.477 e. The summed E-state index contributed by atoms with van der Waals surface area (Å²) in [7, 11) is 1.23. The number of carbonyl (C=O) groups is 1. The lowest BCUT2D eigenvalue weighted by molar-refractivity contribution is -0.983. The summed E-state index contributed by atoms with van der Waals surface area (Å²) in [5, 5.41) is 1.65. The monoisotopic (exact) mass is 261 g/mol. The molecule has 0 aromatic carbocycles. The summed E-state index contributed by atoms with van der Waals surface area (Å²) >= 11 is 0. The average molecular weight is 261 g/mol. The smallest absolute Gasteiger partial charge is 0.367 e. The van der Waals surface area contributed by atoms with Crippen LogP contribution in [0.3, 0.4) is 0 Å². The van der Waals surface area contributed by atoms with Crippen LogP contribution in [0.4, 0.5) is 0 Å². The lowest BCUT2D eigenvalue weighted by Crippen LogP contribution is -2.52. The van der Waals surface area contributed by atoms with Gasteiger partial charge >= 0.3 is 11.1 Å². The van der Waals surface area contributed by atoms with Gasteiger partial charge in [0, 0.05) is 13.3 Å². The van der Waals surface area contributed by atoms with Gasteiger partial charge in [0.2, 0.25) is 6.10 Å². The van der Waals surface area contributed by atoms with E-state index in [-0.39, 0.29) is 5.09 Å². The number of hydroxylamine groups is 2. The fourth-order valence-corrected chi connectivity index (χ4v) is 2.38. The molecule has 0 amide bonds. The number of carbonyl (C=O) groups excluding carboxylic acids is 1. The van der Waals surface area contributed by atoms with E-state index in [1.54, 1.807) is 5.06 Å². The molecule has 0 radical (unpaired) electrons. The molecule has 0 aliphatic carbocycles. The maximum absolute atomic E-state index is 11.2. The average Bonchev–Trinajstić information content (AvgIpc) is 2.38. The van der Waals surface area contributed by atoms with E-state index in [9.17, 15) is 9.70 Å². The van der Waals surface area contributed by atoms with Crippen molar-refractivity contribution < 1.29 is 24.4 Å². The Kier molecular flexibility index (Phi) is 3.85. The van der Waals surface area contributed by atoms with Crippen LogP contribution in [0.5, 0.6) is 0 Å². The maximum atomic E-state index is 11.2. The number of hydrogen-bond donors (Lipinski definition) is 0. The zero-order valence-electron chi connectivity index (χ0n) is 11.7. The standard InChI is InChI=1S/C11H21N2O5/c1-8(14)17-12-10(2,3)7-9(11(12,4)5)18-13(15)16-6/h9H,7H2,1-6H3/q+1. The normalized spacial score (nSPS) is 25.6. The summed E-state index contributed by atoms with van der Waals surface area (Å²) in [6.07, 6.45) is 0.0966. The Morgan fingerprint density at radius 3 is 2.33 bits per heavy atom. The van der Waals surface area contributed by atoms with E-state index in [0.717, 1.165) is 0 Å². The Bertz CT molecular complexity index is 353. The molecule has 0 aromatic heterocycles. The molecule has 0 saturated carbocycles. The molecular weight excluding hydrogens is 240 g/mol. The van der Waals surface area contributed by atoms with Gasteiger partial charge in [0.05, 0.1) is 11.1 Å². The van der Waals surface area contributed by atoms with Crippen LogP contribution < -0.4 is 0 Å². The SMILES string of the molecule is CO[N+](=O)OC1CC(C)(C)N(OC(C)=O)C1(C)C. The second kappa shape index (κ2) is 4.72. The van der Waals surface area contributed by atoms with E-state index in [2.05, 4.69) is 4.84 Å². The zero-order chi connectivity index (χ0) is 14.1. The van der Waals surface area contributed by atoms with Gasteiger partial charge in [-0.25, -0.2) is 0 Å². The van der Waals surface area contributed by atoms with Crippen LogP contribution in [-0.2, 0) is 19.3 Å². The van der Waals surface area contributed by atoms with Crippen molar-refractivity contribution >= 4 is 5.97 Å². The molecule has 7 heteroatoms. The van der Waals surface area contributed by atoms with E-state index in [1.807, 2.05) is 27.7 Å². The molecule has 1 aliphatic heterocycles. The molecular formula is C11H21N2O5+. The Morgan fingerprint density at radius 2 is 1.89 bits per heavy atom. The highest BCUT2D eigenvalue weighted by Gasteiger charge is 2.58. The quantitative estimate of drug-likeness (QED) is 0.712. The van der Waals surface area contributed by atoms with Crippen molar-refractivity contribution in [2.24, 2.45) is 0 Å². The van der Waals surface area contributed by atoms with Crippen LogP contribution in [0.2, 0.25) is 0 Å².